The van der Waals surface area contributed by atoms with Crippen molar-refractivity contribution in [1.82, 2.24) is 20.1 Å². The van der Waals surface area contributed by atoms with Crippen LogP contribution in [0.2, 0.25) is 0 Å². The molecule has 1 aromatic carbocycles. The summed E-state index contributed by atoms with van der Waals surface area (Å²) < 4.78 is 52.9. The first-order chi connectivity index (χ1) is 12.3. The second kappa shape index (κ2) is 7.65. The lowest BCUT2D eigenvalue weighted by atomic mass is 9.97. The van der Waals surface area contributed by atoms with Crippen LogP contribution in [0, 0.1) is 11.7 Å². The van der Waals surface area contributed by atoms with Crippen LogP contribution in [0.1, 0.15) is 18.1 Å². The highest BCUT2D eigenvalue weighted by Gasteiger charge is 2.42. The topological polar surface area (TPSA) is 59.8 Å². The van der Waals surface area contributed by atoms with Crippen molar-refractivity contribution in [3.05, 3.63) is 41.7 Å². The zero-order valence-electron chi connectivity index (χ0n) is 13.6. The molecular weight excluding hydrogens is 372 g/mol. The van der Waals surface area contributed by atoms with E-state index < -0.39 is 12.1 Å². The van der Waals surface area contributed by atoms with Crippen molar-refractivity contribution in [2.24, 2.45) is 5.92 Å². The van der Waals surface area contributed by atoms with Crippen LogP contribution in [0.15, 0.2) is 29.2 Å². The SMILES string of the molecule is O=C(CSc1ccc(F)cc1)NCc1nnc2n1CC[C@H](C(F)(F)F)C2. The Morgan fingerprint density at radius 3 is 2.69 bits per heavy atom. The molecule has 2 aromatic rings. The Labute approximate surface area is 151 Å². The predicted octanol–water partition coefficient (Wildman–Crippen LogP) is 2.95. The summed E-state index contributed by atoms with van der Waals surface area (Å²) in [5.74, 6) is -1.11. The van der Waals surface area contributed by atoms with Crippen LogP contribution in [-0.4, -0.2) is 32.6 Å². The smallest absolute Gasteiger partial charge is 0.348 e. The van der Waals surface area contributed by atoms with Gasteiger partial charge in [-0.2, -0.15) is 13.2 Å². The van der Waals surface area contributed by atoms with Crippen molar-refractivity contribution in [1.29, 1.82) is 0 Å². The molecule has 1 atom stereocenters. The summed E-state index contributed by atoms with van der Waals surface area (Å²) in [6.07, 6.45) is -4.44. The van der Waals surface area contributed by atoms with Gasteiger partial charge in [0.15, 0.2) is 5.82 Å². The Morgan fingerprint density at radius 2 is 2.00 bits per heavy atom. The van der Waals surface area contributed by atoms with E-state index >= 15 is 0 Å². The molecule has 0 radical (unpaired) electrons. The number of benzene rings is 1. The molecule has 10 heteroatoms. The van der Waals surface area contributed by atoms with E-state index in [1.54, 1.807) is 16.7 Å². The third-order valence-corrected chi connectivity index (χ3v) is 5.14. The fraction of sp³-hybridized carbons (Fsp3) is 0.438. The van der Waals surface area contributed by atoms with Crippen molar-refractivity contribution >= 4 is 17.7 Å². The van der Waals surface area contributed by atoms with Gasteiger partial charge in [-0.25, -0.2) is 4.39 Å². The molecule has 1 aliphatic heterocycles. The number of hydrogen-bond donors (Lipinski definition) is 1. The molecule has 1 amide bonds. The lowest BCUT2D eigenvalue weighted by Gasteiger charge is -2.25. The van der Waals surface area contributed by atoms with Crippen LogP contribution >= 0.6 is 11.8 Å². The highest BCUT2D eigenvalue weighted by atomic mass is 32.2. The van der Waals surface area contributed by atoms with Crippen LogP contribution in [0.4, 0.5) is 17.6 Å². The normalized spacial score (nSPS) is 17.0. The molecule has 1 N–H and O–H groups in total. The number of nitrogens with zero attached hydrogens (tertiary/aromatic N) is 3. The lowest BCUT2D eigenvalue weighted by Crippen LogP contribution is -2.32. The van der Waals surface area contributed by atoms with Crippen LogP contribution in [0.5, 0.6) is 0 Å². The maximum Gasteiger partial charge on any atom is 0.392 e. The summed E-state index contributed by atoms with van der Waals surface area (Å²) in [4.78, 5) is 12.7. The van der Waals surface area contributed by atoms with Gasteiger partial charge in [0.25, 0.3) is 0 Å². The number of hydrogen-bond acceptors (Lipinski definition) is 4. The van der Waals surface area contributed by atoms with Crippen LogP contribution in [0.3, 0.4) is 0 Å². The van der Waals surface area contributed by atoms with E-state index in [1.165, 1.54) is 23.9 Å². The summed E-state index contributed by atoms with van der Waals surface area (Å²) in [6.45, 7) is 0.286. The van der Waals surface area contributed by atoms with Crippen LogP contribution < -0.4 is 5.32 Å². The van der Waals surface area contributed by atoms with E-state index in [0.717, 1.165) is 4.90 Å². The number of carbonyl (C=O) groups is 1. The number of aromatic nitrogens is 3. The number of rotatable bonds is 5. The molecule has 5 nitrogen and oxygen atoms in total. The molecule has 0 saturated carbocycles. The van der Waals surface area contributed by atoms with E-state index in [0.29, 0.717) is 11.6 Å². The van der Waals surface area contributed by atoms with Gasteiger partial charge in [-0.3, -0.25) is 4.79 Å². The quantitative estimate of drug-likeness (QED) is 0.632. The fourth-order valence-corrected chi connectivity index (χ4v) is 3.44. The van der Waals surface area contributed by atoms with Gasteiger partial charge in [-0.1, -0.05) is 0 Å². The number of carbonyl (C=O) groups excluding carboxylic acids is 1. The van der Waals surface area contributed by atoms with Gasteiger partial charge in [0, 0.05) is 17.9 Å². The zero-order valence-corrected chi connectivity index (χ0v) is 14.4. The highest BCUT2D eigenvalue weighted by molar-refractivity contribution is 8.00. The summed E-state index contributed by atoms with van der Waals surface area (Å²) in [6, 6.07) is 5.80. The first-order valence-electron chi connectivity index (χ1n) is 7.95. The standard InChI is InChI=1S/C16H16F4N4OS/c17-11-1-3-12(4-2-11)26-9-15(25)21-8-14-23-22-13-7-10(16(18,19)20)5-6-24(13)14/h1-4,10H,5-9H2,(H,21,25)/t10-/m0/s1. The van der Waals surface area contributed by atoms with Crippen molar-refractivity contribution in [2.45, 2.75) is 37.0 Å². The minimum Gasteiger partial charge on any atom is -0.348 e. The lowest BCUT2D eigenvalue weighted by molar-refractivity contribution is -0.179. The molecular formula is C16H16F4N4OS. The average molecular weight is 388 g/mol. The number of thioether (sulfide) groups is 1. The van der Waals surface area contributed by atoms with E-state index in [4.69, 9.17) is 0 Å². The van der Waals surface area contributed by atoms with E-state index in [2.05, 4.69) is 15.5 Å². The van der Waals surface area contributed by atoms with Crippen molar-refractivity contribution in [3.8, 4) is 0 Å². The van der Waals surface area contributed by atoms with Crippen molar-refractivity contribution in [3.63, 3.8) is 0 Å². The molecule has 26 heavy (non-hydrogen) atoms. The summed E-state index contributed by atoms with van der Waals surface area (Å²) in [5.41, 5.74) is 0. The maximum absolute atomic E-state index is 12.8. The van der Waals surface area contributed by atoms with Crippen molar-refractivity contribution in [2.75, 3.05) is 5.75 Å². The van der Waals surface area contributed by atoms with Gasteiger partial charge in [-0.05, 0) is 30.7 Å². The Kier molecular flexibility index (Phi) is 5.49. The minimum absolute atomic E-state index is 0.0180. The van der Waals surface area contributed by atoms with Gasteiger partial charge < -0.3 is 9.88 Å². The molecule has 0 spiro atoms. The third kappa shape index (κ3) is 4.54. The summed E-state index contributed by atoms with van der Waals surface area (Å²) >= 11 is 1.26. The van der Waals surface area contributed by atoms with Crippen LogP contribution in [0.25, 0.3) is 0 Å². The molecule has 1 aliphatic rings. The molecule has 0 unspecified atom stereocenters. The Hall–Kier alpha value is -2.10. The number of amides is 1. The molecule has 0 bridgehead atoms. The molecule has 0 fully saturated rings. The molecule has 1 aromatic heterocycles. The summed E-state index contributed by atoms with van der Waals surface area (Å²) in [5, 5.41) is 10.4. The zero-order chi connectivity index (χ0) is 18.7. The number of alkyl halides is 3. The first kappa shape index (κ1) is 18.7. The molecule has 2 heterocycles. The van der Waals surface area contributed by atoms with Gasteiger partial charge in [0.2, 0.25) is 5.91 Å². The predicted molar refractivity (Wildman–Crippen MR) is 86.9 cm³/mol. The summed E-state index contributed by atoms with van der Waals surface area (Å²) in [7, 11) is 0. The molecule has 0 aliphatic carbocycles. The van der Waals surface area contributed by atoms with E-state index in [9.17, 15) is 22.4 Å². The van der Waals surface area contributed by atoms with Gasteiger partial charge >= 0.3 is 6.18 Å². The Bertz CT molecular complexity index is 776. The first-order valence-corrected chi connectivity index (χ1v) is 8.94. The Balaban J connectivity index is 1.50. The number of fused-ring (bicyclic) bond motifs is 1. The van der Waals surface area contributed by atoms with Crippen molar-refractivity contribution < 1.29 is 22.4 Å². The second-order valence-corrected chi connectivity index (χ2v) is 6.98. The van der Waals surface area contributed by atoms with E-state index in [1.807, 2.05) is 0 Å². The number of halogens is 4. The highest BCUT2D eigenvalue weighted by Crippen LogP contribution is 2.34. The van der Waals surface area contributed by atoms with Crippen LogP contribution in [-0.2, 0) is 24.3 Å². The molecule has 3 rings (SSSR count). The second-order valence-electron chi connectivity index (χ2n) is 5.93. The number of nitrogens with one attached hydrogen (secondary N) is 1. The molecule has 0 saturated heterocycles. The van der Waals surface area contributed by atoms with Gasteiger partial charge in [0.1, 0.15) is 11.6 Å². The minimum atomic E-state index is -4.23. The van der Waals surface area contributed by atoms with E-state index in [-0.39, 0.29) is 43.4 Å². The molecule has 140 valence electrons. The fourth-order valence-electron chi connectivity index (χ4n) is 2.71. The third-order valence-electron chi connectivity index (χ3n) is 4.12. The Morgan fingerprint density at radius 1 is 1.27 bits per heavy atom. The van der Waals surface area contributed by atoms with Gasteiger partial charge in [0.05, 0.1) is 18.2 Å². The largest absolute Gasteiger partial charge is 0.392 e. The monoisotopic (exact) mass is 388 g/mol. The average Bonchev–Trinajstić information content (AvgIpc) is 3.01. The maximum atomic E-state index is 12.8. The van der Waals surface area contributed by atoms with Gasteiger partial charge in [-0.15, -0.1) is 22.0 Å².